The zero-order valence-corrected chi connectivity index (χ0v) is 22.8. The molecule has 0 aliphatic carbocycles. The van der Waals surface area contributed by atoms with Crippen molar-refractivity contribution in [3.8, 4) is 0 Å². The number of carbonyl (C=O) groups excluding carboxylic acids is 4. The molecular formula is C29H37FN4O5. The Balaban J connectivity index is 1.77. The van der Waals surface area contributed by atoms with Gasteiger partial charge >= 0.3 is 0 Å². The topological polar surface area (TPSA) is 130 Å². The number of benzene rings is 1. The molecule has 2 aromatic rings. The first-order valence-corrected chi connectivity index (χ1v) is 13.3. The lowest BCUT2D eigenvalue weighted by molar-refractivity contribution is -0.131. The largest absolute Gasteiger partial charge is 0.361 e. The highest BCUT2D eigenvalue weighted by atomic mass is 19.1. The fourth-order valence-electron chi connectivity index (χ4n) is 4.73. The van der Waals surface area contributed by atoms with E-state index in [-0.39, 0.29) is 48.0 Å². The van der Waals surface area contributed by atoms with Crippen LogP contribution in [0.25, 0.3) is 0 Å². The molecule has 3 N–H and O–H groups in total. The molecule has 0 bridgehead atoms. The number of nitrogens with zero attached hydrogens (tertiary/aromatic N) is 1. The van der Waals surface area contributed by atoms with Gasteiger partial charge in [0, 0.05) is 36.9 Å². The average Bonchev–Trinajstić information content (AvgIpc) is 3.50. The predicted octanol–water partition coefficient (Wildman–Crippen LogP) is 3.28. The second-order valence-electron chi connectivity index (χ2n) is 10.4. The maximum atomic E-state index is 13.5. The molecule has 210 valence electrons. The van der Waals surface area contributed by atoms with Crippen molar-refractivity contribution in [2.45, 2.75) is 65.5 Å². The molecule has 3 rings (SSSR count). The highest BCUT2D eigenvalue weighted by molar-refractivity contribution is 5.97. The number of halogens is 1. The maximum absolute atomic E-state index is 13.5. The van der Waals surface area contributed by atoms with Crippen LogP contribution in [-0.4, -0.2) is 47.3 Å². The molecule has 4 unspecified atom stereocenters. The van der Waals surface area contributed by atoms with E-state index in [1.165, 1.54) is 18.2 Å². The van der Waals surface area contributed by atoms with E-state index in [2.05, 4.69) is 21.1 Å². The number of carbonyl (C=O) groups is 4. The second kappa shape index (κ2) is 13.8. The number of rotatable bonds is 13. The van der Waals surface area contributed by atoms with E-state index in [1.807, 2.05) is 19.1 Å². The molecule has 4 atom stereocenters. The lowest BCUT2D eigenvalue weighted by atomic mass is 9.87. The van der Waals surface area contributed by atoms with Crippen LogP contribution < -0.4 is 16.0 Å². The van der Waals surface area contributed by atoms with Crippen LogP contribution in [0.5, 0.6) is 0 Å². The van der Waals surface area contributed by atoms with Crippen LogP contribution in [0.2, 0.25) is 0 Å². The number of aryl methyl sites for hydroxylation is 1. The Kier molecular flexibility index (Phi) is 10.5. The third kappa shape index (κ3) is 8.59. The number of aromatic nitrogens is 1. The summed E-state index contributed by atoms with van der Waals surface area (Å²) in [5.41, 5.74) is 0.766. The summed E-state index contributed by atoms with van der Waals surface area (Å²) < 4.78 is 18.5. The summed E-state index contributed by atoms with van der Waals surface area (Å²) in [6.45, 7) is 7.71. The first kappa shape index (κ1) is 29.7. The third-order valence-electron chi connectivity index (χ3n) is 6.83. The Hall–Kier alpha value is -3.82. The minimum absolute atomic E-state index is 0.0328. The van der Waals surface area contributed by atoms with Crippen molar-refractivity contribution < 1.29 is 28.1 Å². The van der Waals surface area contributed by atoms with Gasteiger partial charge in [0.2, 0.25) is 11.8 Å². The highest BCUT2D eigenvalue weighted by Crippen LogP contribution is 2.21. The number of hydrogen-bond acceptors (Lipinski definition) is 6. The van der Waals surface area contributed by atoms with E-state index in [0.717, 1.165) is 0 Å². The smallest absolute Gasteiger partial charge is 0.274 e. The van der Waals surface area contributed by atoms with E-state index in [4.69, 9.17) is 4.52 Å². The number of ketones is 1. The Morgan fingerprint density at radius 3 is 2.49 bits per heavy atom. The molecule has 9 nitrogen and oxygen atoms in total. The minimum Gasteiger partial charge on any atom is -0.361 e. The summed E-state index contributed by atoms with van der Waals surface area (Å²) in [6.07, 6.45) is 4.84. The van der Waals surface area contributed by atoms with Crippen LogP contribution in [0.4, 0.5) is 4.39 Å². The fraction of sp³-hybridized carbons (Fsp3) is 0.483. The molecule has 1 aromatic carbocycles. The second-order valence-corrected chi connectivity index (χ2v) is 10.4. The summed E-state index contributed by atoms with van der Waals surface area (Å²) in [4.78, 5) is 51.8. The zero-order valence-electron chi connectivity index (χ0n) is 22.8. The summed E-state index contributed by atoms with van der Waals surface area (Å²) in [5, 5.41) is 12.2. The molecular weight excluding hydrogens is 503 g/mol. The number of nitrogens with one attached hydrogen (secondary N) is 3. The van der Waals surface area contributed by atoms with Gasteiger partial charge in [-0.2, -0.15) is 0 Å². The van der Waals surface area contributed by atoms with Crippen molar-refractivity contribution in [2.24, 2.45) is 17.8 Å². The van der Waals surface area contributed by atoms with Crippen molar-refractivity contribution in [3.63, 3.8) is 0 Å². The van der Waals surface area contributed by atoms with E-state index in [9.17, 15) is 23.6 Å². The third-order valence-corrected chi connectivity index (χ3v) is 6.83. The Labute approximate surface area is 228 Å². The van der Waals surface area contributed by atoms with Crippen LogP contribution in [0.3, 0.4) is 0 Å². The van der Waals surface area contributed by atoms with Crippen LogP contribution in [0, 0.1) is 30.5 Å². The fourth-order valence-corrected chi connectivity index (χ4v) is 4.73. The van der Waals surface area contributed by atoms with Crippen molar-refractivity contribution in [1.29, 1.82) is 0 Å². The zero-order chi connectivity index (χ0) is 28.5. The van der Waals surface area contributed by atoms with Crippen LogP contribution in [0.1, 0.15) is 61.8 Å². The molecule has 10 heteroatoms. The Morgan fingerprint density at radius 2 is 1.92 bits per heavy atom. The quantitative estimate of drug-likeness (QED) is 0.334. The van der Waals surface area contributed by atoms with Gasteiger partial charge in [-0.15, -0.1) is 0 Å². The van der Waals surface area contributed by atoms with E-state index < -0.39 is 29.7 Å². The average molecular weight is 541 g/mol. The highest BCUT2D eigenvalue weighted by Gasteiger charge is 2.32. The van der Waals surface area contributed by atoms with Crippen molar-refractivity contribution in [2.75, 3.05) is 6.54 Å². The first-order chi connectivity index (χ1) is 18.6. The molecule has 1 aromatic heterocycles. The summed E-state index contributed by atoms with van der Waals surface area (Å²) in [6, 6.07) is 6.02. The Morgan fingerprint density at radius 1 is 1.21 bits per heavy atom. The van der Waals surface area contributed by atoms with Gasteiger partial charge < -0.3 is 20.5 Å². The molecule has 2 heterocycles. The molecule has 0 spiro atoms. The van der Waals surface area contributed by atoms with Gasteiger partial charge in [-0.25, -0.2) is 4.39 Å². The van der Waals surface area contributed by atoms with Gasteiger partial charge in [-0.05, 0) is 56.7 Å². The van der Waals surface area contributed by atoms with Crippen LogP contribution in [0.15, 0.2) is 47.0 Å². The van der Waals surface area contributed by atoms with Crippen LogP contribution >= 0.6 is 0 Å². The molecule has 0 saturated carbocycles. The normalized spacial score (nSPS) is 17.6. The van der Waals surface area contributed by atoms with Crippen molar-refractivity contribution in [1.82, 2.24) is 21.1 Å². The van der Waals surface area contributed by atoms with Gasteiger partial charge in [0.05, 0.1) is 6.04 Å². The molecule has 1 aliphatic heterocycles. The molecule has 0 radical (unpaired) electrons. The summed E-state index contributed by atoms with van der Waals surface area (Å²) in [7, 11) is 0. The van der Waals surface area contributed by atoms with E-state index in [0.29, 0.717) is 30.7 Å². The number of allylic oxidation sites excluding steroid dienone is 1. The number of Topliss-reactive ketones (excluding diaryl/α,β-unsaturated/α-hetero) is 1. The van der Waals surface area contributed by atoms with Gasteiger partial charge in [-0.3, -0.25) is 19.2 Å². The van der Waals surface area contributed by atoms with Gasteiger partial charge in [-0.1, -0.05) is 43.3 Å². The summed E-state index contributed by atoms with van der Waals surface area (Å²) >= 11 is 0. The lowest BCUT2D eigenvalue weighted by Crippen LogP contribution is -2.47. The predicted molar refractivity (Wildman–Crippen MR) is 143 cm³/mol. The van der Waals surface area contributed by atoms with Gasteiger partial charge in [0.25, 0.3) is 5.91 Å². The number of amides is 3. The molecule has 3 amide bonds. The molecule has 1 saturated heterocycles. The molecule has 39 heavy (non-hydrogen) atoms. The standard InChI is InChI=1S/C29H37FN4O5/c1-5-6-23(15-20-11-12-31-27(20)36)32-28(37)21(14-19-7-9-22(30)10-8-19)16-25(35)26(17(2)3)33-29(38)24-13-18(4)39-34-24/h5-10,13,17,20-21,23,26H,11-12,14-16H2,1-4H3,(H,31,36)(H,32,37)(H,33,38)/b6-5+. The monoisotopic (exact) mass is 540 g/mol. The minimum atomic E-state index is -0.855. The maximum Gasteiger partial charge on any atom is 0.274 e. The SMILES string of the molecule is C/C=C/C(CC1CCNC1=O)NC(=O)C(CC(=O)C(NC(=O)c1cc(C)on1)C(C)C)Cc1ccc(F)cc1. The van der Waals surface area contributed by atoms with Gasteiger partial charge in [0.1, 0.15) is 11.6 Å². The summed E-state index contributed by atoms with van der Waals surface area (Å²) in [5.74, 6) is -2.39. The first-order valence-electron chi connectivity index (χ1n) is 13.3. The van der Waals surface area contributed by atoms with Crippen molar-refractivity contribution in [3.05, 3.63) is 65.3 Å². The number of hydrogen-bond donors (Lipinski definition) is 3. The Bertz CT molecular complexity index is 1190. The van der Waals surface area contributed by atoms with Gasteiger partial charge in [0.15, 0.2) is 11.5 Å². The van der Waals surface area contributed by atoms with E-state index >= 15 is 0 Å². The van der Waals surface area contributed by atoms with Crippen molar-refractivity contribution >= 4 is 23.5 Å². The van der Waals surface area contributed by atoms with Crippen LogP contribution in [-0.2, 0) is 20.8 Å². The van der Waals surface area contributed by atoms with E-state index in [1.54, 1.807) is 32.9 Å². The molecule has 1 fully saturated rings. The lowest BCUT2D eigenvalue weighted by Gasteiger charge is -2.25. The molecule has 1 aliphatic rings.